The number of likely N-dealkylation sites (tertiary alicyclic amines) is 1. The number of rotatable bonds is 2. The van der Waals surface area contributed by atoms with E-state index in [0.717, 1.165) is 44.3 Å². The summed E-state index contributed by atoms with van der Waals surface area (Å²) < 4.78 is 13.8. The van der Waals surface area contributed by atoms with Gasteiger partial charge in [-0.2, -0.15) is 0 Å². The monoisotopic (exact) mass is 276 g/mol. The van der Waals surface area contributed by atoms with E-state index in [0.29, 0.717) is 6.54 Å². The van der Waals surface area contributed by atoms with Crippen LogP contribution in [0, 0.1) is 5.82 Å². The third-order valence-corrected chi connectivity index (χ3v) is 4.45. The topological polar surface area (TPSA) is 32.3 Å². The molecule has 2 saturated heterocycles. The Morgan fingerprint density at radius 1 is 1.25 bits per heavy atom. The summed E-state index contributed by atoms with van der Waals surface area (Å²) in [7, 11) is 0. The first kappa shape index (κ1) is 13.6. The SMILES string of the molecule is O=C([C@@H]1CCCCN1)N1CC[C@H](c2ccccc2F)C1. The van der Waals surface area contributed by atoms with Crippen LogP contribution in [0.5, 0.6) is 0 Å². The molecule has 2 aliphatic heterocycles. The van der Waals surface area contributed by atoms with Crippen molar-refractivity contribution in [1.82, 2.24) is 10.2 Å². The zero-order valence-corrected chi connectivity index (χ0v) is 11.6. The van der Waals surface area contributed by atoms with Gasteiger partial charge in [0, 0.05) is 19.0 Å². The number of carbonyl (C=O) groups is 1. The van der Waals surface area contributed by atoms with E-state index >= 15 is 0 Å². The van der Waals surface area contributed by atoms with Crippen molar-refractivity contribution in [3.63, 3.8) is 0 Å². The van der Waals surface area contributed by atoms with Crippen LogP contribution in [0.4, 0.5) is 4.39 Å². The van der Waals surface area contributed by atoms with E-state index in [1.54, 1.807) is 6.07 Å². The van der Waals surface area contributed by atoms with Crippen LogP contribution in [0.3, 0.4) is 0 Å². The second kappa shape index (κ2) is 5.92. The molecule has 1 amide bonds. The van der Waals surface area contributed by atoms with E-state index in [4.69, 9.17) is 0 Å². The lowest BCUT2D eigenvalue weighted by molar-refractivity contribution is -0.133. The van der Waals surface area contributed by atoms with Crippen LogP contribution in [0.2, 0.25) is 0 Å². The van der Waals surface area contributed by atoms with Gasteiger partial charge < -0.3 is 10.2 Å². The van der Waals surface area contributed by atoms with Gasteiger partial charge in [0.05, 0.1) is 6.04 Å². The number of nitrogens with zero attached hydrogens (tertiary/aromatic N) is 1. The highest BCUT2D eigenvalue weighted by Crippen LogP contribution is 2.29. The van der Waals surface area contributed by atoms with Gasteiger partial charge in [0.25, 0.3) is 0 Å². The minimum Gasteiger partial charge on any atom is -0.341 e. The number of amides is 1. The van der Waals surface area contributed by atoms with Gasteiger partial charge in [-0.1, -0.05) is 24.6 Å². The first-order chi connectivity index (χ1) is 9.75. The Balaban J connectivity index is 1.64. The van der Waals surface area contributed by atoms with Gasteiger partial charge in [0.2, 0.25) is 5.91 Å². The summed E-state index contributed by atoms with van der Waals surface area (Å²) in [5, 5.41) is 3.30. The lowest BCUT2D eigenvalue weighted by Gasteiger charge is -2.27. The highest BCUT2D eigenvalue weighted by atomic mass is 19.1. The third kappa shape index (κ3) is 2.70. The van der Waals surface area contributed by atoms with E-state index < -0.39 is 0 Å². The summed E-state index contributed by atoms with van der Waals surface area (Å²) in [5.74, 6) is 0.190. The van der Waals surface area contributed by atoms with Crippen LogP contribution >= 0.6 is 0 Å². The van der Waals surface area contributed by atoms with Crippen LogP contribution < -0.4 is 5.32 Å². The molecule has 0 saturated carbocycles. The van der Waals surface area contributed by atoms with Crippen molar-refractivity contribution in [1.29, 1.82) is 0 Å². The van der Waals surface area contributed by atoms with Crippen molar-refractivity contribution < 1.29 is 9.18 Å². The molecule has 0 aliphatic carbocycles. The third-order valence-electron chi connectivity index (χ3n) is 4.45. The lowest BCUT2D eigenvalue weighted by atomic mass is 9.98. The van der Waals surface area contributed by atoms with Crippen molar-refractivity contribution in [3.05, 3.63) is 35.6 Å². The first-order valence-electron chi connectivity index (χ1n) is 7.52. The number of hydrogen-bond donors (Lipinski definition) is 1. The predicted molar refractivity (Wildman–Crippen MR) is 76.0 cm³/mol. The van der Waals surface area contributed by atoms with Gasteiger partial charge in [-0.05, 0) is 37.4 Å². The predicted octanol–water partition coefficient (Wildman–Crippen LogP) is 2.28. The van der Waals surface area contributed by atoms with Crippen LogP contribution in [-0.4, -0.2) is 36.5 Å². The van der Waals surface area contributed by atoms with E-state index in [1.165, 1.54) is 6.07 Å². The molecule has 108 valence electrons. The smallest absolute Gasteiger partial charge is 0.239 e. The second-order valence-electron chi connectivity index (χ2n) is 5.79. The van der Waals surface area contributed by atoms with Gasteiger partial charge in [0.1, 0.15) is 5.82 Å². The minimum atomic E-state index is -0.150. The number of benzene rings is 1. The van der Waals surface area contributed by atoms with E-state index in [9.17, 15) is 9.18 Å². The molecule has 3 rings (SSSR count). The molecule has 0 aromatic heterocycles. The molecule has 1 N–H and O–H groups in total. The lowest BCUT2D eigenvalue weighted by Crippen LogP contribution is -2.47. The average molecular weight is 276 g/mol. The highest BCUT2D eigenvalue weighted by Gasteiger charge is 2.32. The van der Waals surface area contributed by atoms with Crippen molar-refractivity contribution in [3.8, 4) is 0 Å². The molecule has 1 aromatic rings. The highest BCUT2D eigenvalue weighted by molar-refractivity contribution is 5.82. The van der Waals surface area contributed by atoms with Gasteiger partial charge in [-0.25, -0.2) is 4.39 Å². The van der Waals surface area contributed by atoms with Crippen molar-refractivity contribution in [2.45, 2.75) is 37.6 Å². The molecule has 0 radical (unpaired) electrons. The summed E-state index contributed by atoms with van der Waals surface area (Å²) in [5.41, 5.74) is 0.749. The first-order valence-corrected chi connectivity index (χ1v) is 7.52. The van der Waals surface area contributed by atoms with Crippen molar-refractivity contribution >= 4 is 5.91 Å². The molecule has 2 fully saturated rings. The number of hydrogen-bond acceptors (Lipinski definition) is 2. The summed E-state index contributed by atoms with van der Waals surface area (Å²) in [6.45, 7) is 2.33. The number of carbonyl (C=O) groups excluding carboxylic acids is 1. The van der Waals surface area contributed by atoms with Crippen molar-refractivity contribution in [2.75, 3.05) is 19.6 Å². The zero-order chi connectivity index (χ0) is 13.9. The second-order valence-corrected chi connectivity index (χ2v) is 5.79. The Morgan fingerprint density at radius 3 is 2.85 bits per heavy atom. The molecule has 2 atom stereocenters. The van der Waals surface area contributed by atoms with E-state index in [1.807, 2.05) is 17.0 Å². The van der Waals surface area contributed by atoms with Crippen LogP contribution in [-0.2, 0) is 4.79 Å². The molecule has 20 heavy (non-hydrogen) atoms. The number of halogens is 1. The molecule has 1 aromatic carbocycles. The normalized spacial score (nSPS) is 26.8. The number of piperidine rings is 1. The summed E-state index contributed by atoms with van der Waals surface area (Å²) in [6.07, 6.45) is 4.06. The molecule has 0 unspecified atom stereocenters. The quantitative estimate of drug-likeness (QED) is 0.899. The van der Waals surface area contributed by atoms with Gasteiger partial charge in [-0.3, -0.25) is 4.79 Å². The van der Waals surface area contributed by atoms with Gasteiger partial charge in [-0.15, -0.1) is 0 Å². The fraction of sp³-hybridized carbons (Fsp3) is 0.562. The van der Waals surface area contributed by atoms with Crippen LogP contribution in [0.1, 0.15) is 37.2 Å². The fourth-order valence-corrected chi connectivity index (χ4v) is 3.30. The van der Waals surface area contributed by atoms with Gasteiger partial charge in [0.15, 0.2) is 0 Å². The Morgan fingerprint density at radius 2 is 2.10 bits per heavy atom. The Hall–Kier alpha value is -1.42. The van der Waals surface area contributed by atoms with E-state index in [-0.39, 0.29) is 23.7 Å². The minimum absolute atomic E-state index is 0.0249. The molecule has 0 spiro atoms. The summed E-state index contributed by atoms with van der Waals surface area (Å²) in [6, 6.07) is 6.90. The summed E-state index contributed by atoms with van der Waals surface area (Å²) in [4.78, 5) is 14.3. The molecular weight excluding hydrogens is 255 g/mol. The molecule has 2 heterocycles. The largest absolute Gasteiger partial charge is 0.341 e. The van der Waals surface area contributed by atoms with E-state index in [2.05, 4.69) is 5.32 Å². The van der Waals surface area contributed by atoms with Crippen molar-refractivity contribution in [2.24, 2.45) is 0 Å². The Kier molecular flexibility index (Phi) is 4.01. The maximum Gasteiger partial charge on any atom is 0.239 e. The molecule has 3 nitrogen and oxygen atoms in total. The maximum absolute atomic E-state index is 13.8. The molecule has 2 aliphatic rings. The Bertz CT molecular complexity index is 485. The van der Waals surface area contributed by atoms with Gasteiger partial charge >= 0.3 is 0 Å². The standard InChI is InChI=1S/C16H21FN2O/c17-14-6-2-1-5-13(14)12-8-10-19(11-12)16(20)15-7-3-4-9-18-15/h1-2,5-6,12,15,18H,3-4,7-11H2/t12-,15-/m0/s1. The average Bonchev–Trinajstić information content (AvgIpc) is 2.97. The van der Waals surface area contributed by atoms with Crippen LogP contribution in [0.15, 0.2) is 24.3 Å². The molecule has 0 bridgehead atoms. The molecular formula is C16H21FN2O. The number of nitrogens with one attached hydrogen (secondary N) is 1. The zero-order valence-electron chi connectivity index (χ0n) is 11.6. The van der Waals surface area contributed by atoms with Crippen LogP contribution in [0.25, 0.3) is 0 Å². The molecule has 4 heteroatoms. The summed E-state index contributed by atoms with van der Waals surface area (Å²) >= 11 is 0. The maximum atomic E-state index is 13.8. The fourth-order valence-electron chi connectivity index (χ4n) is 3.30. The Labute approximate surface area is 119 Å².